The van der Waals surface area contributed by atoms with Crippen LogP contribution in [0.4, 0.5) is 45.5 Å². The zero-order chi connectivity index (χ0) is 90.7. The largest absolute Gasteiger partial charge is 0.324 e. The van der Waals surface area contributed by atoms with Gasteiger partial charge in [0.1, 0.15) is 68.1 Å². The van der Waals surface area contributed by atoms with Crippen molar-refractivity contribution < 1.29 is 0 Å². The number of hydrogen-bond donors (Lipinski definition) is 2. The van der Waals surface area contributed by atoms with Crippen LogP contribution in [-0.2, 0) is 0 Å². The van der Waals surface area contributed by atoms with Gasteiger partial charge in [-0.1, -0.05) is 143 Å². The number of aromatic amines is 2. The monoisotopic (exact) mass is 1840 g/mol. The topological polar surface area (TPSA) is 109 Å². The van der Waals surface area contributed by atoms with Gasteiger partial charge in [-0.2, -0.15) is 0 Å². The molecule has 0 saturated carbocycles. The summed E-state index contributed by atoms with van der Waals surface area (Å²) in [6.45, 7) is 0. The Balaban J connectivity index is 1.01. The number of nitrogens with one attached hydrogen (secondary N) is 2. The minimum Gasteiger partial charge on any atom is -0.324 e. The number of hydrogen-bond acceptors (Lipinski definition) is 14. The summed E-state index contributed by atoms with van der Waals surface area (Å²) in [4.78, 5) is 60.8. The Kier molecular flexibility index (Phi) is 24.5. The van der Waals surface area contributed by atoms with Gasteiger partial charge < -0.3 is 9.97 Å². The van der Waals surface area contributed by atoms with Gasteiger partial charge in [-0.3, -0.25) is 35.9 Å². The van der Waals surface area contributed by atoms with Gasteiger partial charge in [0.05, 0.1) is 169 Å². The highest BCUT2D eigenvalue weighted by atomic mass is 32.2. The average Bonchev–Trinajstić information content (AvgIpc) is 1.58. The van der Waals surface area contributed by atoms with E-state index in [4.69, 9.17) is 29.9 Å². The first-order valence-electron chi connectivity index (χ1n) is 42.7. The number of rotatable bonds is 24. The maximum Gasteiger partial charge on any atom is 0.164 e. The molecule has 2 N–H and O–H groups in total. The quantitative estimate of drug-likeness (QED) is 0.0560. The highest BCUT2D eigenvalue weighted by Gasteiger charge is 2.31. The lowest BCUT2D eigenvalue weighted by Crippen LogP contribution is -2.34. The molecule has 128 heavy (non-hydrogen) atoms. The molecule has 0 saturated heterocycles. The third kappa shape index (κ3) is 20.0. The zero-order valence-corrected chi connectivity index (χ0v) is 84.2. The first-order chi connectivity index (χ1) is 60.3. The molecular weight excluding hydrogens is 1730 g/mol. The molecule has 0 radical (unpaired) electrons. The van der Waals surface area contributed by atoms with Crippen LogP contribution in [0.1, 0.15) is 0 Å². The van der Waals surface area contributed by atoms with Crippen LogP contribution in [0.3, 0.4) is 0 Å². The molecule has 16 nitrogen and oxygen atoms in total. The SMILES string of the molecule is C[N+](C)(C)c1cccc(Sc2cc3c(cc2Sc2cccc([N+](C)(C)C)c2)-c2nc-3nc3[nH]c(nc4nc(nc5[nH]c(n2)c2cc(Sc6cccc([N+](C)(C)C)c6)c(Sc6cccc([N+](C)(C)C)c6)cc52)-c2cc(Sc5cccc([N+](C)(C)C)c5)c(Sc5cccc([N+](C)(C)C)c5)cc2-4)c2cc(Sc4cccc([N+](C)(C)C)c4)c(Sc4cccc([N+](C)(C)C)c4)cc32)c1. The van der Waals surface area contributed by atoms with Gasteiger partial charge >= 0.3 is 0 Å². The van der Waals surface area contributed by atoms with E-state index in [2.05, 4.69) is 422 Å². The second kappa shape index (κ2) is 34.6. The smallest absolute Gasteiger partial charge is 0.164 e. The van der Waals surface area contributed by atoms with Crippen molar-refractivity contribution in [1.29, 1.82) is 0 Å². The van der Waals surface area contributed by atoms with Gasteiger partial charge in [-0.05, 0) is 146 Å². The highest BCUT2D eigenvalue weighted by Crippen LogP contribution is 2.53. The molecule has 0 fully saturated rings. The lowest BCUT2D eigenvalue weighted by atomic mass is 10.1. The summed E-state index contributed by atoms with van der Waals surface area (Å²) in [6, 6.07) is 90.1. The minimum absolute atomic E-state index is 0.502. The van der Waals surface area contributed by atoms with E-state index in [9.17, 15) is 0 Å². The van der Waals surface area contributed by atoms with Crippen molar-refractivity contribution in [3.63, 3.8) is 0 Å². The molecule has 2 aliphatic heterocycles. The first kappa shape index (κ1) is 90.4. The van der Waals surface area contributed by atoms with Crippen molar-refractivity contribution >= 4 is 184 Å². The van der Waals surface area contributed by atoms with E-state index in [-0.39, 0.29) is 0 Å². The third-order valence-corrected chi connectivity index (χ3v) is 31.5. The zero-order valence-electron chi connectivity index (χ0n) is 77.6. The number of aromatic nitrogens is 8. The van der Waals surface area contributed by atoms with E-state index in [1.54, 1.807) is 94.1 Å². The number of nitrogens with zero attached hydrogens (tertiary/aromatic N) is 14. The molecule has 2 aliphatic rings. The third-order valence-electron chi connectivity index (χ3n) is 22.6. The molecule has 24 heteroatoms. The predicted molar refractivity (Wildman–Crippen MR) is 557 cm³/mol. The minimum atomic E-state index is 0.502. The molecule has 0 spiro atoms. The van der Waals surface area contributed by atoms with Gasteiger partial charge in [-0.25, -0.2) is 29.9 Å². The Morgan fingerprint density at radius 1 is 0.172 bits per heavy atom. The molecule has 5 heterocycles. The standard InChI is InChI=1S/C104H114N16S8/c1-113(2,3)65-33-25-41-73(49-65)121-89-57-81-82(58-90(89)122-74-42-26-34-66(50-74)114(4,5)6)98-105-97(81)109-99-83-59-91(123-75-43-27-35-67(51-75)115(7,8)9)92(124-76-44-28-36-68(52-76)116(10,11)12)60-84(83)101(106-99)111-103-87-63-95(127-79-47-31-39-71(55-79)119(19,20)21)96(128-80-48-32-40-72(56-80)120(22,23)24)64-88(87)104(108-103)112-102-86-62-94(126-78-46-30-38-70(54-78)118(16,17)18)93(61-85(86)100(107-102)110-98)125-77-45-29-37-69(53-77)117(13,14)15/h25-64H,1-24H3,(H2,105,106,107,108,109,110,111,112)/q+8. The normalized spacial score (nSPS) is 12.9. The second-order valence-corrected chi connectivity index (χ2v) is 48.8. The fraction of sp³-hybridized carbons (Fsp3) is 0.231. The fourth-order valence-electron chi connectivity index (χ4n) is 15.2. The molecule has 0 aliphatic carbocycles. The molecule has 8 bridgehead atoms. The maximum atomic E-state index is 5.97. The van der Waals surface area contributed by atoms with Crippen LogP contribution in [0.25, 0.3) is 89.7 Å². The Morgan fingerprint density at radius 3 is 0.453 bits per heavy atom. The summed E-state index contributed by atoms with van der Waals surface area (Å²) in [7, 11) is 53.3. The number of benzene rings is 12. The summed E-state index contributed by atoms with van der Waals surface area (Å²) in [5.74, 6) is 2.01. The molecule has 15 aromatic rings. The Bertz CT molecular complexity index is 6260. The lowest BCUT2D eigenvalue weighted by Gasteiger charge is -2.24. The van der Waals surface area contributed by atoms with Crippen molar-refractivity contribution in [3.05, 3.63) is 243 Å². The van der Waals surface area contributed by atoms with Crippen LogP contribution < -0.4 is 35.9 Å². The molecule has 0 amide bonds. The predicted octanol–water partition coefficient (Wildman–Crippen LogP) is 25.7. The van der Waals surface area contributed by atoms with Crippen LogP contribution in [0.2, 0.25) is 0 Å². The van der Waals surface area contributed by atoms with Crippen LogP contribution in [0.5, 0.6) is 0 Å². The molecule has 3 aromatic heterocycles. The van der Waals surface area contributed by atoms with Crippen molar-refractivity contribution in [2.24, 2.45) is 0 Å². The van der Waals surface area contributed by atoms with E-state index in [1.165, 1.54) is 45.5 Å². The van der Waals surface area contributed by atoms with Crippen molar-refractivity contribution in [3.8, 4) is 45.6 Å². The van der Waals surface area contributed by atoms with Crippen molar-refractivity contribution in [2.75, 3.05) is 169 Å². The van der Waals surface area contributed by atoms with E-state index in [0.29, 0.717) is 81.8 Å². The van der Waals surface area contributed by atoms with Gasteiger partial charge in [0.15, 0.2) is 23.3 Å². The Labute approximate surface area is 788 Å². The van der Waals surface area contributed by atoms with Gasteiger partial charge in [0, 0.05) is 171 Å². The molecule has 650 valence electrons. The van der Waals surface area contributed by atoms with E-state index in [1.807, 2.05) is 0 Å². The van der Waals surface area contributed by atoms with Gasteiger partial charge in [0.25, 0.3) is 0 Å². The summed E-state index contributed by atoms with van der Waals surface area (Å²) in [5, 5.41) is 3.47. The summed E-state index contributed by atoms with van der Waals surface area (Å²) in [6.07, 6.45) is 0. The van der Waals surface area contributed by atoms with Crippen LogP contribution in [0, 0.1) is 0 Å². The van der Waals surface area contributed by atoms with Crippen LogP contribution in [-0.4, -0.2) is 209 Å². The van der Waals surface area contributed by atoms with Gasteiger partial charge in [0.2, 0.25) is 0 Å². The molecule has 0 unspecified atom stereocenters. The number of fused-ring (bicyclic) bond motifs is 20. The summed E-state index contributed by atoms with van der Waals surface area (Å²) >= 11 is 14.1. The van der Waals surface area contributed by atoms with Crippen LogP contribution >= 0.6 is 94.1 Å². The number of quaternary nitrogens is 8. The summed E-state index contributed by atoms with van der Waals surface area (Å²) in [5.41, 5.74) is 15.3. The molecule has 12 aromatic carbocycles. The van der Waals surface area contributed by atoms with Crippen molar-refractivity contribution in [2.45, 2.75) is 78.3 Å². The Morgan fingerprint density at radius 2 is 0.312 bits per heavy atom. The molecular formula is C104H114N16S8+8. The van der Waals surface area contributed by atoms with Gasteiger partial charge in [-0.15, -0.1) is 0 Å². The van der Waals surface area contributed by atoms with E-state index < -0.39 is 0 Å². The molecule has 0 atom stereocenters. The molecule has 17 rings (SSSR count). The van der Waals surface area contributed by atoms with E-state index >= 15 is 0 Å². The summed E-state index contributed by atoms with van der Waals surface area (Å²) < 4.78 is 5.29. The van der Waals surface area contributed by atoms with Crippen LogP contribution in [0.15, 0.2) is 321 Å². The second-order valence-electron chi connectivity index (χ2n) is 39.9. The number of H-pyrrole nitrogens is 2. The lowest BCUT2D eigenvalue weighted by molar-refractivity contribution is 0.485. The average molecular weight is 1840 g/mol. The van der Waals surface area contributed by atoms with E-state index in [0.717, 1.165) is 122 Å². The Hall–Kier alpha value is -9.52. The highest BCUT2D eigenvalue weighted by molar-refractivity contribution is 8.03. The van der Waals surface area contributed by atoms with Crippen molar-refractivity contribution in [1.82, 2.24) is 75.7 Å². The maximum absolute atomic E-state index is 5.97. The fourth-order valence-corrected chi connectivity index (χ4v) is 23.5. The first-order valence-corrected chi connectivity index (χ1v) is 49.2.